The third-order valence-corrected chi connectivity index (χ3v) is 2.34. The molecule has 0 rings (SSSR count). The number of aliphatic hydroxyl groups is 1. The van der Waals surface area contributed by atoms with Crippen molar-refractivity contribution in [2.75, 3.05) is 0 Å². The summed E-state index contributed by atoms with van der Waals surface area (Å²) in [5.74, 6) is -7.90. The Labute approximate surface area is 113 Å². The van der Waals surface area contributed by atoms with Crippen LogP contribution in [0, 0.1) is 11.8 Å². The monoisotopic (exact) mass is 271 g/mol. The van der Waals surface area contributed by atoms with Crippen LogP contribution in [0.2, 0.25) is 0 Å². The first kappa shape index (κ1) is 9.87. The van der Waals surface area contributed by atoms with Crippen LogP contribution < -0.4 is 0 Å². The summed E-state index contributed by atoms with van der Waals surface area (Å²) in [5.41, 5.74) is 0. The minimum absolute atomic E-state index is 0.0404. The molecule has 0 aliphatic carbocycles. The molecule has 0 radical (unpaired) electrons. The Morgan fingerprint density at radius 2 is 1.78 bits per heavy atom. The molecule has 18 heavy (non-hydrogen) atoms. The molecule has 0 bridgehead atoms. The highest BCUT2D eigenvalue weighted by molar-refractivity contribution is 5.92. The van der Waals surface area contributed by atoms with Gasteiger partial charge in [0, 0.05) is 23.3 Å². The molecule has 0 aliphatic heterocycles. The number of alkyl halides is 3. The molecule has 1 atom stereocenters. The molecule has 0 saturated heterocycles. The van der Waals surface area contributed by atoms with Crippen molar-refractivity contribution in [3.05, 3.63) is 11.8 Å². The average molecular weight is 271 g/mol. The van der Waals surface area contributed by atoms with Crippen LogP contribution in [0.15, 0.2) is 11.8 Å². The van der Waals surface area contributed by atoms with Crippen LogP contribution >= 0.6 is 0 Å². The zero-order valence-electron chi connectivity index (χ0n) is 15.6. The predicted molar refractivity (Wildman–Crippen MR) is 64.2 cm³/mol. The lowest BCUT2D eigenvalue weighted by molar-refractivity contribution is -0.144. The van der Waals surface area contributed by atoms with E-state index in [1.54, 1.807) is 0 Å². The van der Waals surface area contributed by atoms with Crippen molar-refractivity contribution in [1.29, 1.82) is 0 Å². The molecule has 106 valence electrons. The molecule has 0 saturated carbocycles. The summed E-state index contributed by atoms with van der Waals surface area (Å²) in [6.07, 6.45) is -10.5. The van der Waals surface area contributed by atoms with Gasteiger partial charge in [0.25, 0.3) is 0 Å². The minimum Gasteiger partial charge on any atom is -0.512 e. The molecule has 0 fully saturated rings. The van der Waals surface area contributed by atoms with Crippen molar-refractivity contribution in [1.82, 2.24) is 0 Å². The van der Waals surface area contributed by atoms with E-state index in [4.69, 9.17) is 6.85 Å². The van der Waals surface area contributed by atoms with E-state index in [0.29, 0.717) is 0 Å². The lowest BCUT2D eigenvalue weighted by Gasteiger charge is -2.17. The average Bonchev–Trinajstić information content (AvgIpc) is 2.49. The first-order chi connectivity index (χ1) is 10.2. The Bertz CT molecular complexity index is 486. The van der Waals surface area contributed by atoms with E-state index < -0.39 is 48.4 Å². The van der Waals surface area contributed by atoms with Crippen molar-refractivity contribution in [2.24, 2.45) is 11.8 Å². The molecule has 5 heteroatoms. The Morgan fingerprint density at radius 1 is 1.33 bits per heavy atom. The van der Waals surface area contributed by atoms with E-state index in [1.165, 1.54) is 13.8 Å². The Morgan fingerprint density at radius 3 is 2.11 bits per heavy atom. The predicted octanol–water partition coefficient (Wildman–Crippen LogP) is 4.41. The molecular weight excluding hydrogens is 245 g/mol. The van der Waals surface area contributed by atoms with Gasteiger partial charge in [-0.1, -0.05) is 20.8 Å². The second-order valence-electron chi connectivity index (χ2n) is 3.57. The Hall–Kier alpha value is -1.00. The largest absolute Gasteiger partial charge is 0.512 e. The molecule has 1 unspecified atom stereocenters. The van der Waals surface area contributed by atoms with Gasteiger partial charge < -0.3 is 5.11 Å². The van der Waals surface area contributed by atoms with Crippen molar-refractivity contribution in [3.63, 3.8) is 0 Å². The molecular formula is C13H21F3O2. The molecule has 1 N–H and O–H groups in total. The fourth-order valence-corrected chi connectivity index (χ4v) is 1.33. The zero-order chi connectivity index (χ0) is 18.9. The molecule has 0 spiro atoms. The van der Waals surface area contributed by atoms with Gasteiger partial charge in [-0.15, -0.1) is 0 Å². The Balaban J connectivity index is 6.22. The van der Waals surface area contributed by atoms with Gasteiger partial charge in [0.05, 0.1) is 13.5 Å². The lowest BCUT2D eigenvalue weighted by Crippen LogP contribution is -2.18. The van der Waals surface area contributed by atoms with E-state index >= 15 is 0 Å². The third kappa shape index (κ3) is 6.07. The summed E-state index contributed by atoms with van der Waals surface area (Å²) in [5, 5.41) is 9.92. The van der Waals surface area contributed by atoms with Crippen LogP contribution in [0.25, 0.3) is 0 Å². The maximum absolute atomic E-state index is 12.9. The SMILES string of the molecule is [2H]/C(C(=O)C([2H])(CC)CC)=C(/O)C([2H])(CC)C([2H])([2H])C(F)(F)F. The highest BCUT2D eigenvalue weighted by atomic mass is 19.4. The summed E-state index contributed by atoms with van der Waals surface area (Å²) in [7, 11) is 0. The van der Waals surface area contributed by atoms with Crippen molar-refractivity contribution in [2.45, 2.75) is 52.6 Å². The number of rotatable bonds is 7. The summed E-state index contributed by atoms with van der Waals surface area (Å²) in [6.45, 7) is 3.99. The summed E-state index contributed by atoms with van der Waals surface area (Å²) in [4.78, 5) is 12.1. The molecule has 0 heterocycles. The number of hydrogen-bond acceptors (Lipinski definition) is 2. The van der Waals surface area contributed by atoms with Crippen molar-refractivity contribution < 1.29 is 29.9 Å². The summed E-state index contributed by atoms with van der Waals surface area (Å²) in [6, 6.07) is -1.33. The van der Waals surface area contributed by atoms with Crippen molar-refractivity contribution >= 4 is 5.78 Å². The number of carbonyl (C=O) groups excluding carboxylic acids is 1. The third-order valence-electron chi connectivity index (χ3n) is 2.34. The molecule has 0 aromatic rings. The number of carbonyl (C=O) groups is 1. The number of allylic oxidation sites excluding steroid dienone is 2. The maximum atomic E-state index is 12.9. The molecule has 0 aromatic carbocycles. The summed E-state index contributed by atoms with van der Waals surface area (Å²) >= 11 is 0. The fraction of sp³-hybridized carbons (Fsp3) is 0.769. The van der Waals surface area contributed by atoms with E-state index in [-0.39, 0.29) is 12.8 Å². The van der Waals surface area contributed by atoms with E-state index in [9.17, 15) is 23.1 Å². The number of hydrogen-bond donors (Lipinski definition) is 1. The standard InChI is InChI=1S/C13H21F3O2/c1-4-9(5-2)11(17)7-12(18)10(6-3)8-13(14,15)16/h7,9-10,18H,4-6,8H2,1-3H3/b12-7-/i7D,8D2,9D,10D. The van der Waals surface area contributed by atoms with E-state index in [2.05, 4.69) is 0 Å². The van der Waals surface area contributed by atoms with Gasteiger partial charge in [-0.05, 0) is 19.3 Å². The van der Waals surface area contributed by atoms with E-state index in [1.807, 2.05) is 0 Å². The molecule has 2 nitrogen and oxygen atoms in total. The number of aliphatic hydroxyl groups excluding tert-OH is 1. The van der Waals surface area contributed by atoms with Crippen LogP contribution in [0.4, 0.5) is 13.2 Å². The second kappa shape index (κ2) is 7.44. The number of halogens is 3. The maximum Gasteiger partial charge on any atom is 0.389 e. The first-order valence-corrected chi connectivity index (χ1v) is 5.68. The first-order valence-electron chi connectivity index (χ1n) is 8.18. The highest BCUT2D eigenvalue weighted by Crippen LogP contribution is 2.30. The van der Waals surface area contributed by atoms with Gasteiger partial charge in [-0.3, -0.25) is 4.79 Å². The topological polar surface area (TPSA) is 37.3 Å². The second-order valence-corrected chi connectivity index (χ2v) is 3.57. The van der Waals surface area contributed by atoms with Gasteiger partial charge in [-0.2, -0.15) is 13.2 Å². The minimum atomic E-state index is -5.48. The Kier molecular flexibility index (Phi) is 4.08. The molecule has 0 aromatic heterocycles. The lowest BCUT2D eigenvalue weighted by atomic mass is 9.94. The van der Waals surface area contributed by atoms with Crippen LogP contribution in [0.1, 0.15) is 53.3 Å². The van der Waals surface area contributed by atoms with E-state index in [0.717, 1.165) is 6.92 Å². The van der Waals surface area contributed by atoms with Crippen LogP contribution in [0.3, 0.4) is 0 Å². The van der Waals surface area contributed by atoms with Gasteiger partial charge >= 0.3 is 6.18 Å². The molecule has 0 amide bonds. The quantitative estimate of drug-likeness (QED) is 0.550. The van der Waals surface area contributed by atoms with Crippen LogP contribution in [0.5, 0.6) is 0 Å². The van der Waals surface area contributed by atoms with Gasteiger partial charge in [-0.25, -0.2) is 0 Å². The van der Waals surface area contributed by atoms with Gasteiger partial charge in [0.1, 0.15) is 0 Å². The van der Waals surface area contributed by atoms with Gasteiger partial charge in [0.15, 0.2) is 5.78 Å². The van der Waals surface area contributed by atoms with Crippen LogP contribution in [-0.4, -0.2) is 17.1 Å². The zero-order valence-corrected chi connectivity index (χ0v) is 10.6. The normalized spacial score (nSPS) is 22.7. The number of ketones is 1. The summed E-state index contributed by atoms with van der Waals surface area (Å²) < 4.78 is 76.2. The molecule has 0 aliphatic rings. The smallest absolute Gasteiger partial charge is 0.389 e. The fourth-order valence-electron chi connectivity index (χ4n) is 1.33. The highest BCUT2D eigenvalue weighted by Gasteiger charge is 2.33. The van der Waals surface area contributed by atoms with Crippen LogP contribution in [-0.2, 0) is 4.79 Å². The van der Waals surface area contributed by atoms with Crippen molar-refractivity contribution in [3.8, 4) is 0 Å². The van der Waals surface area contributed by atoms with Gasteiger partial charge in [0.2, 0.25) is 0 Å².